The molecule has 3 fully saturated rings. The summed E-state index contributed by atoms with van der Waals surface area (Å²) in [5.41, 5.74) is 8.12. The number of allylic oxidation sites excluding steroid dienone is 2. The van der Waals surface area contributed by atoms with Gasteiger partial charge in [-0.05, 0) is 84.3 Å². The second kappa shape index (κ2) is 6.49. The SMILES string of the molecule is C[C@]12CCC(=O)C=C1C(=COCCN)C[C@@H]1[C@@H]2CC[C@]2(C)C(O)CC[C@@H]12. The number of hydrogen-bond donors (Lipinski definition) is 2. The smallest absolute Gasteiger partial charge is 0.156 e. The van der Waals surface area contributed by atoms with Gasteiger partial charge in [-0.3, -0.25) is 4.79 Å². The molecule has 1 unspecified atom stereocenters. The van der Waals surface area contributed by atoms with E-state index < -0.39 is 0 Å². The predicted molar refractivity (Wildman–Crippen MR) is 101 cm³/mol. The quantitative estimate of drug-likeness (QED) is 0.599. The Labute approximate surface area is 156 Å². The molecule has 4 nitrogen and oxygen atoms in total. The lowest BCUT2D eigenvalue weighted by Crippen LogP contribution is -2.51. The van der Waals surface area contributed by atoms with E-state index in [0.29, 0.717) is 37.3 Å². The number of ketones is 1. The summed E-state index contributed by atoms with van der Waals surface area (Å²) in [6.45, 7) is 5.68. The molecular formula is C22H33NO3. The molecule has 4 rings (SSSR count). The lowest BCUT2D eigenvalue weighted by atomic mass is 9.46. The number of fused-ring (bicyclic) bond motifs is 5. The number of aliphatic hydroxyl groups is 1. The Balaban J connectivity index is 1.72. The van der Waals surface area contributed by atoms with Gasteiger partial charge in [-0.1, -0.05) is 13.8 Å². The Morgan fingerprint density at radius 2 is 2.08 bits per heavy atom. The van der Waals surface area contributed by atoms with Gasteiger partial charge in [0.1, 0.15) is 0 Å². The zero-order chi connectivity index (χ0) is 18.5. The third kappa shape index (κ3) is 2.60. The van der Waals surface area contributed by atoms with Gasteiger partial charge in [0, 0.05) is 13.0 Å². The van der Waals surface area contributed by atoms with E-state index in [9.17, 15) is 9.90 Å². The minimum absolute atomic E-state index is 0.0591. The number of rotatable bonds is 3. The lowest BCUT2D eigenvalue weighted by Gasteiger charge is -2.58. The molecule has 6 atom stereocenters. The number of hydrogen-bond acceptors (Lipinski definition) is 4. The van der Waals surface area contributed by atoms with E-state index in [4.69, 9.17) is 10.5 Å². The maximum absolute atomic E-state index is 12.2. The van der Waals surface area contributed by atoms with Crippen LogP contribution in [0.15, 0.2) is 23.5 Å². The third-order valence-corrected chi connectivity index (χ3v) is 8.28. The summed E-state index contributed by atoms with van der Waals surface area (Å²) in [5, 5.41) is 10.6. The summed E-state index contributed by atoms with van der Waals surface area (Å²) in [6.07, 6.45) is 10.5. The van der Waals surface area contributed by atoms with Crippen LogP contribution in [0.4, 0.5) is 0 Å². The maximum atomic E-state index is 12.2. The van der Waals surface area contributed by atoms with E-state index in [-0.39, 0.29) is 22.7 Å². The van der Waals surface area contributed by atoms with Gasteiger partial charge in [0.25, 0.3) is 0 Å². The van der Waals surface area contributed by atoms with E-state index >= 15 is 0 Å². The fraction of sp³-hybridized carbons (Fsp3) is 0.773. The van der Waals surface area contributed by atoms with Crippen LogP contribution in [-0.4, -0.2) is 30.1 Å². The summed E-state index contributed by atoms with van der Waals surface area (Å²) >= 11 is 0. The topological polar surface area (TPSA) is 72.5 Å². The van der Waals surface area contributed by atoms with Crippen molar-refractivity contribution in [3.63, 3.8) is 0 Å². The number of carbonyl (C=O) groups is 1. The highest BCUT2D eigenvalue weighted by Crippen LogP contribution is 2.66. The van der Waals surface area contributed by atoms with Crippen LogP contribution in [0.25, 0.3) is 0 Å². The van der Waals surface area contributed by atoms with Crippen molar-refractivity contribution in [3.05, 3.63) is 23.5 Å². The van der Waals surface area contributed by atoms with Crippen LogP contribution in [0.3, 0.4) is 0 Å². The van der Waals surface area contributed by atoms with E-state index in [1.54, 1.807) is 0 Å². The van der Waals surface area contributed by atoms with Crippen LogP contribution < -0.4 is 5.73 Å². The minimum atomic E-state index is -0.160. The molecule has 0 aromatic rings. The molecule has 26 heavy (non-hydrogen) atoms. The fourth-order valence-corrected chi connectivity index (χ4v) is 6.80. The van der Waals surface area contributed by atoms with Crippen LogP contribution >= 0.6 is 0 Å². The van der Waals surface area contributed by atoms with Crippen molar-refractivity contribution in [2.75, 3.05) is 13.2 Å². The molecule has 0 aromatic carbocycles. The van der Waals surface area contributed by atoms with Crippen molar-refractivity contribution in [1.29, 1.82) is 0 Å². The normalized spacial score (nSPS) is 46.4. The molecule has 0 amide bonds. The predicted octanol–water partition coefficient (Wildman–Crippen LogP) is 3.35. The molecule has 0 bridgehead atoms. The first-order valence-electron chi connectivity index (χ1n) is 10.3. The number of nitrogens with two attached hydrogens (primary N) is 1. The van der Waals surface area contributed by atoms with Crippen LogP contribution in [0.1, 0.15) is 58.8 Å². The third-order valence-electron chi connectivity index (χ3n) is 8.28. The zero-order valence-corrected chi connectivity index (χ0v) is 16.2. The average molecular weight is 360 g/mol. The van der Waals surface area contributed by atoms with Crippen molar-refractivity contribution < 1.29 is 14.6 Å². The summed E-state index contributed by atoms with van der Waals surface area (Å²) < 4.78 is 5.70. The largest absolute Gasteiger partial charge is 0.500 e. The van der Waals surface area contributed by atoms with Gasteiger partial charge in [-0.2, -0.15) is 0 Å². The maximum Gasteiger partial charge on any atom is 0.156 e. The Morgan fingerprint density at radius 3 is 2.85 bits per heavy atom. The minimum Gasteiger partial charge on any atom is -0.500 e. The van der Waals surface area contributed by atoms with Gasteiger partial charge in [0.05, 0.1) is 19.0 Å². The monoisotopic (exact) mass is 359 g/mol. The van der Waals surface area contributed by atoms with Crippen molar-refractivity contribution in [3.8, 4) is 0 Å². The van der Waals surface area contributed by atoms with Crippen molar-refractivity contribution in [1.82, 2.24) is 0 Å². The second-order valence-corrected chi connectivity index (χ2v) is 9.46. The van der Waals surface area contributed by atoms with Crippen LogP contribution in [0.5, 0.6) is 0 Å². The Morgan fingerprint density at radius 1 is 1.27 bits per heavy atom. The number of carbonyl (C=O) groups excluding carboxylic acids is 1. The first kappa shape index (κ1) is 18.2. The summed E-state index contributed by atoms with van der Waals surface area (Å²) in [4.78, 5) is 12.2. The fourth-order valence-electron chi connectivity index (χ4n) is 6.80. The summed E-state index contributed by atoms with van der Waals surface area (Å²) in [7, 11) is 0. The molecule has 0 saturated heterocycles. The molecule has 3 N–H and O–H groups in total. The molecule has 0 spiro atoms. The Hall–Kier alpha value is -1.13. The van der Waals surface area contributed by atoms with Crippen molar-refractivity contribution >= 4 is 5.78 Å². The van der Waals surface area contributed by atoms with Gasteiger partial charge in [0.2, 0.25) is 0 Å². The molecule has 4 aliphatic carbocycles. The average Bonchev–Trinajstić information content (AvgIpc) is 2.92. The van der Waals surface area contributed by atoms with Crippen LogP contribution in [0.2, 0.25) is 0 Å². The van der Waals surface area contributed by atoms with Crippen molar-refractivity contribution in [2.45, 2.75) is 64.9 Å². The van der Waals surface area contributed by atoms with E-state index in [1.165, 1.54) is 11.1 Å². The highest BCUT2D eigenvalue weighted by molar-refractivity contribution is 5.92. The lowest BCUT2D eigenvalue weighted by molar-refractivity contribution is -0.117. The van der Waals surface area contributed by atoms with Gasteiger partial charge < -0.3 is 15.6 Å². The molecule has 4 heteroatoms. The Bertz CT molecular complexity index is 654. The van der Waals surface area contributed by atoms with Gasteiger partial charge in [-0.15, -0.1) is 0 Å². The second-order valence-electron chi connectivity index (χ2n) is 9.46. The summed E-state index contributed by atoms with van der Waals surface area (Å²) in [6, 6.07) is 0. The molecule has 0 heterocycles. The van der Waals surface area contributed by atoms with E-state index in [1.807, 2.05) is 12.3 Å². The van der Waals surface area contributed by atoms with Crippen molar-refractivity contribution in [2.24, 2.45) is 34.3 Å². The molecule has 0 aromatic heterocycles. The number of aliphatic hydroxyl groups excluding tert-OH is 1. The number of ether oxygens (including phenoxy) is 1. The summed E-state index contributed by atoms with van der Waals surface area (Å²) in [5.74, 6) is 2.01. The highest BCUT2D eigenvalue weighted by Gasteiger charge is 2.59. The van der Waals surface area contributed by atoms with Crippen LogP contribution in [-0.2, 0) is 9.53 Å². The van der Waals surface area contributed by atoms with Crippen LogP contribution in [0, 0.1) is 28.6 Å². The molecule has 3 saturated carbocycles. The van der Waals surface area contributed by atoms with Gasteiger partial charge in [-0.25, -0.2) is 0 Å². The van der Waals surface area contributed by atoms with Gasteiger partial charge >= 0.3 is 0 Å². The van der Waals surface area contributed by atoms with E-state index in [2.05, 4.69) is 13.8 Å². The Kier molecular flexibility index (Phi) is 4.55. The first-order valence-corrected chi connectivity index (χ1v) is 10.3. The molecule has 0 aliphatic heterocycles. The molecule has 144 valence electrons. The van der Waals surface area contributed by atoms with E-state index in [0.717, 1.165) is 38.5 Å². The zero-order valence-electron chi connectivity index (χ0n) is 16.2. The van der Waals surface area contributed by atoms with Gasteiger partial charge in [0.15, 0.2) is 5.78 Å². The molecule has 4 aliphatic rings. The standard InChI is InChI=1S/C22H33NO3/c1-21-7-5-15(24)12-19(21)14(13-26-10-9-23)11-16-17-3-4-20(25)22(17,2)8-6-18(16)21/h12-13,16-18,20,25H,3-11,23H2,1-2H3/t16-,17-,18-,20?,21+,22-/m0/s1. The first-order chi connectivity index (χ1) is 12.4. The highest BCUT2D eigenvalue weighted by atomic mass is 16.5. The molecular weight excluding hydrogens is 326 g/mol. The molecule has 0 radical (unpaired) electrons.